The molecular weight excluding hydrogens is 268 g/mol. The number of rotatable bonds is 3. The molecule has 0 bridgehead atoms. The van der Waals surface area contributed by atoms with Gasteiger partial charge in [0.05, 0.1) is 18.0 Å². The molecule has 0 spiro atoms. The number of amides is 2. The molecule has 2 saturated heterocycles. The molecule has 2 aliphatic rings. The van der Waals surface area contributed by atoms with Gasteiger partial charge in [-0.1, -0.05) is 37.3 Å². The Morgan fingerprint density at radius 1 is 1.38 bits per heavy atom. The number of hydrogen-bond donors (Lipinski definition) is 1. The number of ether oxygens (including phenoxy) is 1. The second-order valence-electron chi connectivity index (χ2n) is 5.64. The van der Waals surface area contributed by atoms with E-state index < -0.39 is 0 Å². The molecule has 0 radical (unpaired) electrons. The highest BCUT2D eigenvalue weighted by atomic mass is 16.6. The van der Waals surface area contributed by atoms with Crippen molar-refractivity contribution < 1.29 is 14.3 Å². The first-order chi connectivity index (χ1) is 10.2. The van der Waals surface area contributed by atoms with Gasteiger partial charge in [-0.2, -0.15) is 0 Å². The fraction of sp³-hybridized carbons (Fsp3) is 0.500. The van der Waals surface area contributed by atoms with E-state index in [-0.39, 0.29) is 36.6 Å². The number of likely N-dealkylation sites (tertiary alicyclic amines) is 1. The minimum atomic E-state index is -0.318. The average Bonchev–Trinajstić information content (AvgIpc) is 3.03. The first-order valence-electron chi connectivity index (χ1n) is 7.48. The molecule has 1 unspecified atom stereocenters. The molecule has 2 fully saturated rings. The predicted octanol–water partition coefficient (Wildman–Crippen LogP) is 1.92. The molecular formula is C16H20N2O3. The molecule has 112 valence electrons. The highest BCUT2D eigenvalue weighted by Crippen LogP contribution is 2.32. The Labute approximate surface area is 124 Å². The van der Waals surface area contributed by atoms with Crippen molar-refractivity contribution in [1.29, 1.82) is 0 Å². The topological polar surface area (TPSA) is 58.6 Å². The molecule has 5 heteroatoms. The zero-order chi connectivity index (χ0) is 14.8. The van der Waals surface area contributed by atoms with Crippen LogP contribution in [0.1, 0.15) is 25.3 Å². The van der Waals surface area contributed by atoms with Gasteiger partial charge in [-0.15, -0.1) is 0 Å². The molecule has 1 aromatic rings. The van der Waals surface area contributed by atoms with Gasteiger partial charge in [-0.3, -0.25) is 4.79 Å². The van der Waals surface area contributed by atoms with Crippen LogP contribution in [0.2, 0.25) is 0 Å². The third kappa shape index (κ3) is 2.60. The van der Waals surface area contributed by atoms with Gasteiger partial charge in [-0.05, 0) is 18.4 Å². The zero-order valence-corrected chi connectivity index (χ0v) is 12.1. The summed E-state index contributed by atoms with van der Waals surface area (Å²) in [7, 11) is 0. The van der Waals surface area contributed by atoms with Gasteiger partial charge in [0.25, 0.3) is 0 Å². The van der Waals surface area contributed by atoms with Crippen LogP contribution in [0.5, 0.6) is 0 Å². The van der Waals surface area contributed by atoms with E-state index in [1.165, 1.54) is 0 Å². The van der Waals surface area contributed by atoms with E-state index in [0.717, 1.165) is 18.4 Å². The lowest BCUT2D eigenvalue weighted by atomic mass is 9.96. The van der Waals surface area contributed by atoms with Crippen molar-refractivity contribution in [3.05, 3.63) is 35.9 Å². The van der Waals surface area contributed by atoms with E-state index in [2.05, 4.69) is 5.32 Å². The molecule has 0 saturated carbocycles. The Morgan fingerprint density at radius 3 is 2.86 bits per heavy atom. The minimum Gasteiger partial charge on any atom is -0.445 e. The van der Waals surface area contributed by atoms with Crippen LogP contribution in [0, 0.1) is 5.92 Å². The maximum atomic E-state index is 12.3. The van der Waals surface area contributed by atoms with Gasteiger partial charge in [0.1, 0.15) is 6.61 Å². The van der Waals surface area contributed by atoms with Crippen LogP contribution < -0.4 is 5.32 Å². The van der Waals surface area contributed by atoms with E-state index >= 15 is 0 Å². The van der Waals surface area contributed by atoms with E-state index in [0.29, 0.717) is 6.54 Å². The Kier molecular flexibility index (Phi) is 3.82. The summed E-state index contributed by atoms with van der Waals surface area (Å²) in [6, 6.07) is 9.66. The number of benzene rings is 1. The Hall–Kier alpha value is -2.04. The average molecular weight is 288 g/mol. The van der Waals surface area contributed by atoms with Crippen molar-refractivity contribution in [3.8, 4) is 0 Å². The van der Waals surface area contributed by atoms with Crippen LogP contribution in [0.15, 0.2) is 30.3 Å². The summed E-state index contributed by atoms with van der Waals surface area (Å²) in [5.74, 6) is -0.0464. The van der Waals surface area contributed by atoms with Gasteiger partial charge >= 0.3 is 6.09 Å². The Bertz CT molecular complexity index is 532. The fourth-order valence-corrected chi connectivity index (χ4v) is 3.36. The van der Waals surface area contributed by atoms with E-state index in [9.17, 15) is 9.59 Å². The van der Waals surface area contributed by atoms with Crippen molar-refractivity contribution >= 4 is 12.0 Å². The summed E-state index contributed by atoms with van der Waals surface area (Å²) in [5, 5.41) is 2.99. The molecule has 0 aromatic heterocycles. The second kappa shape index (κ2) is 5.76. The normalized spacial score (nSPS) is 27.4. The number of nitrogens with one attached hydrogen (secondary N) is 1. The van der Waals surface area contributed by atoms with Crippen molar-refractivity contribution in [2.45, 2.75) is 38.5 Å². The number of fused-ring (bicyclic) bond motifs is 1. The summed E-state index contributed by atoms with van der Waals surface area (Å²) in [6.07, 6.45) is 1.24. The molecule has 3 rings (SSSR count). The number of carbonyl (C=O) groups is 2. The Balaban J connectivity index is 1.64. The Morgan fingerprint density at radius 2 is 2.14 bits per heavy atom. The molecule has 21 heavy (non-hydrogen) atoms. The van der Waals surface area contributed by atoms with Crippen LogP contribution in [-0.2, 0) is 16.1 Å². The van der Waals surface area contributed by atoms with Gasteiger partial charge in [0.15, 0.2) is 0 Å². The van der Waals surface area contributed by atoms with Crippen molar-refractivity contribution in [2.24, 2.45) is 5.92 Å². The highest BCUT2D eigenvalue weighted by Gasteiger charge is 2.50. The molecule has 2 aliphatic heterocycles. The highest BCUT2D eigenvalue weighted by molar-refractivity contribution is 5.84. The molecule has 2 heterocycles. The minimum absolute atomic E-state index is 0.0502. The molecule has 3 atom stereocenters. The van der Waals surface area contributed by atoms with Crippen LogP contribution in [0.4, 0.5) is 4.79 Å². The van der Waals surface area contributed by atoms with Crippen LogP contribution in [-0.4, -0.2) is 35.5 Å². The van der Waals surface area contributed by atoms with Crippen molar-refractivity contribution in [3.63, 3.8) is 0 Å². The summed E-state index contributed by atoms with van der Waals surface area (Å²) in [4.78, 5) is 25.9. The SMILES string of the molecule is CCC1C(=O)N[C@H]2CCN(C(=O)OCc3ccccc3)[C@H]12. The zero-order valence-electron chi connectivity index (χ0n) is 12.1. The fourth-order valence-electron chi connectivity index (χ4n) is 3.36. The predicted molar refractivity (Wildman–Crippen MR) is 77.4 cm³/mol. The quantitative estimate of drug-likeness (QED) is 0.924. The summed E-state index contributed by atoms with van der Waals surface area (Å²) in [6.45, 7) is 2.91. The smallest absolute Gasteiger partial charge is 0.410 e. The lowest BCUT2D eigenvalue weighted by molar-refractivity contribution is -0.123. The van der Waals surface area contributed by atoms with E-state index in [1.54, 1.807) is 4.90 Å². The summed E-state index contributed by atoms with van der Waals surface area (Å²) >= 11 is 0. The molecule has 1 aromatic carbocycles. The van der Waals surface area contributed by atoms with Gasteiger partial charge < -0.3 is 15.0 Å². The third-order valence-corrected chi connectivity index (χ3v) is 4.41. The van der Waals surface area contributed by atoms with Crippen molar-refractivity contribution in [2.75, 3.05) is 6.54 Å². The lowest BCUT2D eigenvalue weighted by Gasteiger charge is -2.26. The molecule has 2 amide bonds. The monoisotopic (exact) mass is 288 g/mol. The maximum absolute atomic E-state index is 12.3. The molecule has 0 aliphatic carbocycles. The first-order valence-corrected chi connectivity index (χ1v) is 7.48. The number of hydrogen-bond acceptors (Lipinski definition) is 3. The standard InChI is InChI=1S/C16H20N2O3/c1-2-12-14-13(17-15(12)19)8-9-18(14)16(20)21-10-11-6-4-3-5-7-11/h3-7,12-14H,2,8-10H2,1H3,(H,17,19)/t12?,13-,14+/m0/s1. The van der Waals surface area contributed by atoms with Crippen molar-refractivity contribution in [1.82, 2.24) is 10.2 Å². The van der Waals surface area contributed by atoms with Crippen LogP contribution >= 0.6 is 0 Å². The second-order valence-corrected chi connectivity index (χ2v) is 5.64. The molecule has 1 N–H and O–H groups in total. The van der Waals surface area contributed by atoms with Crippen LogP contribution in [0.25, 0.3) is 0 Å². The maximum Gasteiger partial charge on any atom is 0.410 e. The van der Waals surface area contributed by atoms with E-state index in [1.807, 2.05) is 37.3 Å². The molecule has 5 nitrogen and oxygen atoms in total. The summed E-state index contributed by atoms with van der Waals surface area (Å²) in [5.41, 5.74) is 0.967. The number of nitrogens with zero attached hydrogens (tertiary/aromatic N) is 1. The third-order valence-electron chi connectivity index (χ3n) is 4.41. The van der Waals surface area contributed by atoms with E-state index in [4.69, 9.17) is 4.74 Å². The lowest BCUT2D eigenvalue weighted by Crippen LogP contribution is -2.42. The van der Waals surface area contributed by atoms with Crippen LogP contribution in [0.3, 0.4) is 0 Å². The van der Waals surface area contributed by atoms with Gasteiger partial charge in [0.2, 0.25) is 5.91 Å². The van der Waals surface area contributed by atoms with Gasteiger partial charge in [-0.25, -0.2) is 4.79 Å². The first kappa shape index (κ1) is 13.9. The van der Waals surface area contributed by atoms with Gasteiger partial charge in [0, 0.05) is 6.54 Å². The largest absolute Gasteiger partial charge is 0.445 e. The summed E-state index contributed by atoms with van der Waals surface area (Å²) < 4.78 is 5.40. The number of carbonyl (C=O) groups excluding carboxylic acids is 2.